The van der Waals surface area contributed by atoms with Crippen LogP contribution in [-0.2, 0) is 6.42 Å². The van der Waals surface area contributed by atoms with Crippen LogP contribution in [0.3, 0.4) is 0 Å². The van der Waals surface area contributed by atoms with Crippen LogP contribution in [0.15, 0.2) is 78.9 Å². The third-order valence-electron chi connectivity index (χ3n) is 6.55. The Hall–Kier alpha value is -3.55. The fraction of sp³-hybridized carbons (Fsp3) is 0.276. The zero-order valence-electron chi connectivity index (χ0n) is 20.6. The van der Waals surface area contributed by atoms with Gasteiger partial charge in [0.05, 0.1) is 0 Å². The van der Waals surface area contributed by atoms with Gasteiger partial charge < -0.3 is 10.2 Å². The van der Waals surface area contributed by atoms with Gasteiger partial charge in [0.25, 0.3) is 5.91 Å². The minimum Gasteiger partial charge on any atom is -0.351 e. The Labute approximate surface area is 216 Å². The van der Waals surface area contributed by atoms with Crippen molar-refractivity contribution in [1.29, 1.82) is 0 Å². The molecule has 1 saturated heterocycles. The molecule has 0 unspecified atom stereocenters. The van der Waals surface area contributed by atoms with Gasteiger partial charge in [-0.1, -0.05) is 72.3 Å². The second-order valence-electron chi connectivity index (χ2n) is 9.18. The Kier molecular flexibility index (Phi) is 7.69. The maximum atomic E-state index is 12.6. The van der Waals surface area contributed by atoms with E-state index in [4.69, 9.17) is 4.98 Å². The Morgan fingerprint density at radius 3 is 2.31 bits per heavy atom. The molecule has 1 fully saturated rings. The number of hydrogen-bond donors (Lipinski definition) is 1. The number of nitrogens with one attached hydrogen (secondary N) is 1. The molecule has 36 heavy (non-hydrogen) atoms. The van der Waals surface area contributed by atoms with Crippen LogP contribution in [0.1, 0.15) is 27.3 Å². The van der Waals surface area contributed by atoms with E-state index in [-0.39, 0.29) is 5.91 Å². The van der Waals surface area contributed by atoms with Crippen molar-refractivity contribution >= 4 is 22.6 Å². The Balaban J connectivity index is 1.04. The lowest BCUT2D eigenvalue weighted by atomic mass is 10.0. The van der Waals surface area contributed by atoms with Crippen molar-refractivity contribution in [3.05, 3.63) is 101 Å². The zero-order valence-corrected chi connectivity index (χ0v) is 21.4. The molecule has 0 radical (unpaired) electrons. The fourth-order valence-electron chi connectivity index (χ4n) is 4.37. The number of nitrogens with zero attached hydrogens (tertiary/aromatic N) is 4. The first-order valence-corrected chi connectivity index (χ1v) is 13.2. The number of rotatable bonds is 8. The summed E-state index contributed by atoms with van der Waals surface area (Å²) in [6.45, 7) is 7.34. The molecule has 0 bridgehead atoms. The summed E-state index contributed by atoms with van der Waals surface area (Å²) >= 11 is 1.49. The molecule has 0 atom stereocenters. The lowest BCUT2D eigenvalue weighted by Crippen LogP contribution is -2.48. The number of carbonyl (C=O) groups excluding carboxylic acids is 1. The molecule has 1 aromatic heterocycles. The molecular weight excluding hydrogens is 466 g/mol. The maximum Gasteiger partial charge on any atom is 0.251 e. The standard InChI is InChI=1S/C29H31N5OS/c1-22-7-9-23(10-8-22)21-27-31-29(36-32-27)34-19-17-33(18-20-34)16-15-30-28(35)26-13-11-25(12-14-26)24-5-3-2-4-6-24/h2-14H,15-21H2,1H3,(H,30,35). The van der Waals surface area contributed by atoms with Crippen LogP contribution in [0.25, 0.3) is 11.1 Å². The highest BCUT2D eigenvalue weighted by atomic mass is 32.1. The highest BCUT2D eigenvalue weighted by Crippen LogP contribution is 2.21. The summed E-state index contributed by atoms with van der Waals surface area (Å²) in [6, 6.07) is 26.5. The van der Waals surface area contributed by atoms with Gasteiger partial charge in [-0.3, -0.25) is 9.69 Å². The third-order valence-corrected chi connectivity index (χ3v) is 7.37. The monoisotopic (exact) mass is 497 g/mol. The van der Waals surface area contributed by atoms with Crippen LogP contribution in [0.5, 0.6) is 0 Å². The van der Waals surface area contributed by atoms with Crippen molar-refractivity contribution in [2.75, 3.05) is 44.2 Å². The zero-order chi connectivity index (χ0) is 24.7. The summed E-state index contributed by atoms with van der Waals surface area (Å²) in [7, 11) is 0. The van der Waals surface area contributed by atoms with Crippen molar-refractivity contribution in [2.24, 2.45) is 0 Å². The first-order chi connectivity index (χ1) is 17.6. The van der Waals surface area contributed by atoms with Crippen molar-refractivity contribution in [3.8, 4) is 11.1 Å². The average Bonchev–Trinajstić information content (AvgIpc) is 3.39. The molecule has 1 N–H and O–H groups in total. The molecule has 6 nitrogen and oxygen atoms in total. The van der Waals surface area contributed by atoms with Crippen LogP contribution < -0.4 is 10.2 Å². The molecule has 5 rings (SSSR count). The normalized spacial score (nSPS) is 14.1. The number of benzene rings is 3. The van der Waals surface area contributed by atoms with Crippen LogP contribution in [0.2, 0.25) is 0 Å². The predicted molar refractivity (Wildman–Crippen MR) is 147 cm³/mol. The molecule has 1 aliphatic rings. The minimum atomic E-state index is -0.0248. The number of anilines is 1. The van der Waals surface area contributed by atoms with E-state index < -0.39 is 0 Å². The first-order valence-electron chi connectivity index (χ1n) is 12.4. The second kappa shape index (κ2) is 11.5. The molecule has 3 aromatic carbocycles. The summed E-state index contributed by atoms with van der Waals surface area (Å²) in [5.74, 6) is 0.865. The summed E-state index contributed by atoms with van der Waals surface area (Å²) in [4.78, 5) is 22.1. The van der Waals surface area contributed by atoms with Crippen molar-refractivity contribution < 1.29 is 4.79 Å². The number of carbonyl (C=O) groups is 1. The van der Waals surface area contributed by atoms with Gasteiger partial charge in [0.15, 0.2) is 0 Å². The summed E-state index contributed by atoms with van der Waals surface area (Å²) < 4.78 is 4.58. The summed E-state index contributed by atoms with van der Waals surface area (Å²) in [6.07, 6.45) is 0.769. The first kappa shape index (κ1) is 24.2. The summed E-state index contributed by atoms with van der Waals surface area (Å²) in [5, 5.41) is 4.07. The Morgan fingerprint density at radius 1 is 0.889 bits per heavy atom. The van der Waals surface area contributed by atoms with Gasteiger partial charge in [0.1, 0.15) is 5.82 Å². The average molecular weight is 498 g/mol. The third kappa shape index (κ3) is 6.17. The fourth-order valence-corrected chi connectivity index (χ4v) is 5.11. The number of aryl methyl sites for hydroxylation is 1. The molecule has 4 aromatic rings. The van der Waals surface area contributed by atoms with Gasteiger partial charge in [0.2, 0.25) is 5.13 Å². The lowest BCUT2D eigenvalue weighted by molar-refractivity contribution is 0.0948. The van der Waals surface area contributed by atoms with Crippen molar-refractivity contribution in [3.63, 3.8) is 0 Å². The topological polar surface area (TPSA) is 61.4 Å². The minimum absolute atomic E-state index is 0.0248. The molecule has 0 saturated carbocycles. The quantitative estimate of drug-likeness (QED) is 0.384. The number of amides is 1. The Morgan fingerprint density at radius 2 is 1.58 bits per heavy atom. The maximum absolute atomic E-state index is 12.6. The van der Waals surface area contributed by atoms with E-state index in [1.54, 1.807) is 0 Å². The molecule has 184 valence electrons. The van der Waals surface area contributed by atoms with Crippen LogP contribution in [0, 0.1) is 6.92 Å². The highest BCUT2D eigenvalue weighted by Gasteiger charge is 2.20. The van der Waals surface area contributed by atoms with Gasteiger partial charge in [-0.25, -0.2) is 4.98 Å². The SMILES string of the molecule is Cc1ccc(Cc2nsc(N3CCN(CCNC(=O)c4ccc(-c5ccccc5)cc4)CC3)n2)cc1. The van der Waals surface area contributed by atoms with E-state index in [1.165, 1.54) is 22.7 Å². The molecule has 2 heterocycles. The molecule has 7 heteroatoms. The van der Waals surface area contributed by atoms with E-state index in [2.05, 4.69) is 62.8 Å². The smallest absolute Gasteiger partial charge is 0.251 e. The van der Waals surface area contributed by atoms with E-state index in [9.17, 15) is 4.79 Å². The summed E-state index contributed by atoms with van der Waals surface area (Å²) in [5.41, 5.74) is 5.46. The molecule has 0 aliphatic carbocycles. The van der Waals surface area contributed by atoms with Gasteiger partial charge in [-0.05, 0) is 35.7 Å². The predicted octanol–water partition coefficient (Wildman–Crippen LogP) is 4.66. The Bertz CT molecular complexity index is 1260. The largest absolute Gasteiger partial charge is 0.351 e. The van der Waals surface area contributed by atoms with Crippen LogP contribution >= 0.6 is 11.5 Å². The van der Waals surface area contributed by atoms with Gasteiger partial charge in [-0.15, -0.1) is 0 Å². The molecule has 1 amide bonds. The number of hydrogen-bond acceptors (Lipinski definition) is 6. The van der Waals surface area contributed by atoms with Gasteiger partial charge in [0, 0.05) is 62.8 Å². The molecule has 0 spiro atoms. The van der Waals surface area contributed by atoms with Crippen molar-refractivity contribution in [1.82, 2.24) is 19.6 Å². The lowest BCUT2D eigenvalue weighted by Gasteiger charge is -2.34. The van der Waals surface area contributed by atoms with E-state index in [0.717, 1.165) is 61.2 Å². The molecule has 1 aliphatic heterocycles. The van der Waals surface area contributed by atoms with Gasteiger partial charge in [-0.2, -0.15) is 4.37 Å². The van der Waals surface area contributed by atoms with E-state index >= 15 is 0 Å². The molecular formula is C29H31N5OS. The number of aromatic nitrogens is 2. The van der Waals surface area contributed by atoms with E-state index in [1.807, 2.05) is 42.5 Å². The van der Waals surface area contributed by atoms with Crippen molar-refractivity contribution in [2.45, 2.75) is 13.3 Å². The van der Waals surface area contributed by atoms with Gasteiger partial charge >= 0.3 is 0 Å². The van der Waals surface area contributed by atoms with E-state index in [0.29, 0.717) is 12.1 Å². The second-order valence-corrected chi connectivity index (χ2v) is 9.91. The number of piperazine rings is 1. The highest BCUT2D eigenvalue weighted by molar-refractivity contribution is 7.09. The van der Waals surface area contributed by atoms with Crippen LogP contribution in [0.4, 0.5) is 5.13 Å². The van der Waals surface area contributed by atoms with Crippen LogP contribution in [-0.4, -0.2) is 59.4 Å².